The van der Waals surface area contributed by atoms with Crippen LogP contribution in [0.3, 0.4) is 0 Å². The van der Waals surface area contributed by atoms with Crippen molar-refractivity contribution in [3.05, 3.63) is 28.4 Å². The number of benzene rings is 1. The highest BCUT2D eigenvalue weighted by molar-refractivity contribution is 6.00. The SMILES string of the molecule is COC(OC)C1CCN(c2ccc3c(c2F)n(C)c(=O)n3C2CCC(=O)NC2=O)CC1. The number of imidazole rings is 1. The Morgan fingerprint density at radius 2 is 1.77 bits per heavy atom. The molecule has 9 nitrogen and oxygen atoms in total. The molecule has 2 aliphatic rings. The van der Waals surface area contributed by atoms with Gasteiger partial charge in [0.25, 0.3) is 0 Å². The number of hydrogen-bond donors (Lipinski definition) is 1. The molecule has 2 aromatic rings. The number of piperidine rings is 2. The van der Waals surface area contributed by atoms with Gasteiger partial charge in [-0.25, -0.2) is 9.18 Å². The molecule has 2 saturated heterocycles. The highest BCUT2D eigenvalue weighted by atomic mass is 19.1. The first-order valence-electron chi connectivity index (χ1n) is 10.4. The lowest BCUT2D eigenvalue weighted by molar-refractivity contribution is -0.141. The molecule has 1 unspecified atom stereocenters. The summed E-state index contributed by atoms with van der Waals surface area (Å²) in [6.07, 6.45) is 1.65. The number of anilines is 1. The molecular weight excluding hydrogens is 407 g/mol. The number of aromatic nitrogens is 2. The van der Waals surface area contributed by atoms with E-state index in [1.165, 1.54) is 16.2 Å². The van der Waals surface area contributed by atoms with Crippen LogP contribution in [0.5, 0.6) is 0 Å². The quantitative estimate of drug-likeness (QED) is 0.563. The van der Waals surface area contributed by atoms with E-state index in [0.29, 0.717) is 24.3 Å². The third-order valence-electron chi connectivity index (χ3n) is 6.41. The minimum absolute atomic E-state index is 0.138. The van der Waals surface area contributed by atoms with Gasteiger partial charge >= 0.3 is 5.69 Å². The first kappa shape index (κ1) is 21.5. The lowest BCUT2D eigenvalue weighted by Crippen LogP contribution is -2.44. The predicted molar refractivity (Wildman–Crippen MR) is 111 cm³/mol. The van der Waals surface area contributed by atoms with Gasteiger partial charge in [0.1, 0.15) is 11.6 Å². The van der Waals surface area contributed by atoms with Crippen LogP contribution in [0.2, 0.25) is 0 Å². The molecule has 1 atom stereocenters. The number of amides is 2. The van der Waals surface area contributed by atoms with Crippen molar-refractivity contribution in [2.24, 2.45) is 13.0 Å². The number of ether oxygens (including phenoxy) is 2. The second-order valence-corrected chi connectivity index (χ2v) is 8.11. The lowest BCUT2D eigenvalue weighted by Gasteiger charge is -2.36. The van der Waals surface area contributed by atoms with Gasteiger partial charge in [-0.2, -0.15) is 0 Å². The third kappa shape index (κ3) is 3.63. The van der Waals surface area contributed by atoms with Crippen LogP contribution in [0.15, 0.2) is 16.9 Å². The van der Waals surface area contributed by atoms with Crippen LogP contribution in [0.1, 0.15) is 31.7 Å². The van der Waals surface area contributed by atoms with Crippen molar-refractivity contribution in [1.29, 1.82) is 0 Å². The van der Waals surface area contributed by atoms with E-state index in [2.05, 4.69) is 5.32 Å². The van der Waals surface area contributed by atoms with Gasteiger partial charge in [0.05, 0.1) is 11.2 Å². The van der Waals surface area contributed by atoms with E-state index in [0.717, 1.165) is 12.8 Å². The van der Waals surface area contributed by atoms with Gasteiger partial charge in [-0.1, -0.05) is 0 Å². The summed E-state index contributed by atoms with van der Waals surface area (Å²) in [6, 6.07) is 2.50. The van der Waals surface area contributed by atoms with Crippen molar-refractivity contribution in [1.82, 2.24) is 14.5 Å². The predicted octanol–water partition coefficient (Wildman–Crippen LogP) is 1.29. The molecule has 2 aliphatic heterocycles. The first-order valence-corrected chi connectivity index (χ1v) is 10.4. The molecule has 1 aromatic heterocycles. The van der Waals surface area contributed by atoms with Gasteiger partial charge in [0.2, 0.25) is 11.8 Å². The lowest BCUT2D eigenvalue weighted by atomic mass is 9.95. The molecule has 2 fully saturated rings. The van der Waals surface area contributed by atoms with Crippen molar-refractivity contribution in [3.8, 4) is 0 Å². The monoisotopic (exact) mass is 434 g/mol. The van der Waals surface area contributed by atoms with Gasteiger partial charge in [-0.05, 0) is 31.4 Å². The summed E-state index contributed by atoms with van der Waals surface area (Å²) in [7, 11) is 4.72. The number of carbonyl (C=O) groups is 2. The molecule has 2 amide bonds. The van der Waals surface area contributed by atoms with Crippen LogP contribution in [-0.2, 0) is 26.1 Å². The molecule has 168 valence electrons. The zero-order valence-corrected chi connectivity index (χ0v) is 17.9. The van der Waals surface area contributed by atoms with E-state index in [1.807, 2.05) is 4.90 Å². The average molecular weight is 434 g/mol. The fourth-order valence-corrected chi connectivity index (χ4v) is 4.79. The van der Waals surface area contributed by atoms with Gasteiger partial charge in [-0.15, -0.1) is 0 Å². The number of nitrogens with zero attached hydrogens (tertiary/aromatic N) is 3. The molecular formula is C21H27FN4O5. The van der Waals surface area contributed by atoms with E-state index in [1.54, 1.807) is 26.4 Å². The largest absolute Gasteiger partial charge is 0.369 e. The number of methoxy groups -OCH3 is 2. The Hall–Kier alpha value is -2.72. The van der Waals surface area contributed by atoms with E-state index in [-0.39, 0.29) is 36.5 Å². The normalized spacial score (nSPS) is 20.7. The van der Waals surface area contributed by atoms with Crippen LogP contribution >= 0.6 is 0 Å². The molecule has 1 aromatic carbocycles. The fraction of sp³-hybridized carbons (Fsp3) is 0.571. The average Bonchev–Trinajstić information content (AvgIpc) is 3.01. The fourth-order valence-electron chi connectivity index (χ4n) is 4.79. The van der Waals surface area contributed by atoms with Gasteiger partial charge in [0, 0.05) is 46.7 Å². The molecule has 31 heavy (non-hydrogen) atoms. The number of fused-ring (bicyclic) bond motifs is 1. The number of halogens is 1. The minimum Gasteiger partial charge on any atom is -0.369 e. The van der Waals surface area contributed by atoms with Crippen LogP contribution in [0, 0.1) is 11.7 Å². The minimum atomic E-state index is -0.838. The Balaban J connectivity index is 1.66. The third-order valence-corrected chi connectivity index (χ3v) is 6.41. The topological polar surface area (TPSA) is 94.8 Å². The van der Waals surface area contributed by atoms with Crippen LogP contribution < -0.4 is 15.9 Å². The maximum absolute atomic E-state index is 15.6. The molecule has 0 aliphatic carbocycles. The first-order chi connectivity index (χ1) is 14.9. The highest BCUT2D eigenvalue weighted by Gasteiger charge is 2.33. The summed E-state index contributed by atoms with van der Waals surface area (Å²) in [4.78, 5) is 38.6. The molecule has 4 rings (SSSR count). The van der Waals surface area contributed by atoms with Gasteiger partial charge in [-0.3, -0.25) is 24.0 Å². The molecule has 1 N–H and O–H groups in total. The van der Waals surface area contributed by atoms with Crippen LogP contribution in [-0.4, -0.2) is 54.5 Å². The van der Waals surface area contributed by atoms with Crippen molar-refractivity contribution in [2.45, 2.75) is 38.0 Å². The summed E-state index contributed by atoms with van der Waals surface area (Å²) in [6.45, 7) is 1.27. The van der Waals surface area contributed by atoms with Crippen molar-refractivity contribution in [3.63, 3.8) is 0 Å². The molecule has 0 bridgehead atoms. The Kier molecular flexibility index (Phi) is 5.85. The van der Waals surface area contributed by atoms with Gasteiger partial charge in [0.15, 0.2) is 12.1 Å². The maximum Gasteiger partial charge on any atom is 0.329 e. The second kappa shape index (κ2) is 8.43. The number of carbonyl (C=O) groups excluding carboxylic acids is 2. The highest BCUT2D eigenvalue weighted by Crippen LogP contribution is 2.33. The Bertz CT molecular complexity index is 1070. The second-order valence-electron chi connectivity index (χ2n) is 8.11. The summed E-state index contributed by atoms with van der Waals surface area (Å²) in [5.74, 6) is -1.16. The standard InChI is InChI=1S/C21H27FN4O5/c1-24-18-14(26(21(24)29)15-6-7-16(27)23-19(15)28)5-4-13(17(18)22)25-10-8-12(9-11-25)20(30-2)31-3/h4-5,12,15,20H,6-11H2,1-3H3,(H,23,27,28). The van der Waals surface area contributed by atoms with E-state index < -0.39 is 23.5 Å². The van der Waals surface area contributed by atoms with Crippen LogP contribution in [0.4, 0.5) is 10.1 Å². The Labute approximate surface area is 178 Å². The maximum atomic E-state index is 15.6. The number of nitrogens with one attached hydrogen (secondary N) is 1. The van der Waals surface area contributed by atoms with Gasteiger partial charge < -0.3 is 14.4 Å². The van der Waals surface area contributed by atoms with Crippen molar-refractivity contribution in [2.75, 3.05) is 32.2 Å². The molecule has 10 heteroatoms. The summed E-state index contributed by atoms with van der Waals surface area (Å²) in [5, 5.41) is 2.26. The zero-order valence-electron chi connectivity index (χ0n) is 17.9. The molecule has 0 saturated carbocycles. The van der Waals surface area contributed by atoms with E-state index in [9.17, 15) is 14.4 Å². The number of imide groups is 1. The number of hydrogen-bond acceptors (Lipinski definition) is 6. The summed E-state index contributed by atoms with van der Waals surface area (Å²) in [5.41, 5.74) is 0.439. The Morgan fingerprint density at radius 1 is 1.10 bits per heavy atom. The van der Waals surface area contributed by atoms with Crippen molar-refractivity contribution >= 4 is 28.5 Å². The van der Waals surface area contributed by atoms with E-state index in [4.69, 9.17) is 9.47 Å². The zero-order chi connectivity index (χ0) is 22.3. The van der Waals surface area contributed by atoms with Crippen LogP contribution in [0.25, 0.3) is 11.0 Å². The number of rotatable bonds is 5. The summed E-state index contributed by atoms with van der Waals surface area (Å²) >= 11 is 0. The summed E-state index contributed by atoms with van der Waals surface area (Å²) < 4.78 is 28.8. The molecule has 0 spiro atoms. The Morgan fingerprint density at radius 3 is 2.39 bits per heavy atom. The van der Waals surface area contributed by atoms with Crippen molar-refractivity contribution < 1.29 is 23.5 Å². The smallest absolute Gasteiger partial charge is 0.329 e. The molecule has 0 radical (unpaired) electrons. The molecule has 3 heterocycles. The van der Waals surface area contributed by atoms with E-state index >= 15 is 4.39 Å². The number of aryl methyl sites for hydroxylation is 1.